The lowest BCUT2D eigenvalue weighted by molar-refractivity contribution is 0.328. The molecule has 0 N–H and O–H groups in total. The highest BCUT2D eigenvalue weighted by Crippen LogP contribution is 2.11. The maximum Gasteiger partial charge on any atom is 0.235 e. The van der Waals surface area contributed by atoms with Gasteiger partial charge in [-0.05, 0) is 24.6 Å². The Labute approximate surface area is 77.1 Å². The lowest BCUT2D eigenvalue weighted by Gasteiger charge is -2.03. The van der Waals surface area contributed by atoms with Gasteiger partial charge < -0.3 is 4.74 Å². The molecular formula is C10H11NO2. The van der Waals surface area contributed by atoms with Gasteiger partial charge in [-0.2, -0.15) is 0 Å². The molecule has 1 aromatic carbocycles. The molecule has 0 radical (unpaired) electrons. The predicted molar refractivity (Wildman–Crippen MR) is 49.7 cm³/mol. The maximum absolute atomic E-state index is 9.72. The fourth-order valence-corrected chi connectivity index (χ4v) is 0.960. The second kappa shape index (κ2) is 5.12. The fourth-order valence-electron chi connectivity index (χ4n) is 0.960. The third kappa shape index (κ3) is 3.54. The van der Waals surface area contributed by atoms with Crippen LogP contribution in [0.5, 0.6) is 5.75 Å². The Kier molecular flexibility index (Phi) is 3.74. The molecule has 0 fully saturated rings. The van der Waals surface area contributed by atoms with Crippen LogP contribution in [0.2, 0.25) is 0 Å². The summed E-state index contributed by atoms with van der Waals surface area (Å²) in [4.78, 5) is 13.1. The van der Waals surface area contributed by atoms with Gasteiger partial charge in [0, 0.05) is 0 Å². The Morgan fingerprint density at radius 3 is 3.08 bits per heavy atom. The number of benzene rings is 1. The van der Waals surface area contributed by atoms with Crippen molar-refractivity contribution in [1.82, 2.24) is 0 Å². The van der Waals surface area contributed by atoms with Crippen molar-refractivity contribution in [1.29, 1.82) is 0 Å². The van der Waals surface area contributed by atoms with Gasteiger partial charge in [0.25, 0.3) is 0 Å². The van der Waals surface area contributed by atoms with Crippen LogP contribution in [-0.4, -0.2) is 19.2 Å². The SMILES string of the molecule is Cc1cccc(OCCN=C=O)c1. The fraction of sp³-hybridized carbons (Fsp3) is 0.300. The normalized spacial score (nSPS) is 9.00. The van der Waals surface area contributed by atoms with Gasteiger partial charge in [0.2, 0.25) is 6.08 Å². The molecule has 0 saturated carbocycles. The largest absolute Gasteiger partial charge is 0.492 e. The van der Waals surface area contributed by atoms with Gasteiger partial charge >= 0.3 is 0 Å². The Morgan fingerprint density at radius 2 is 2.38 bits per heavy atom. The van der Waals surface area contributed by atoms with E-state index in [2.05, 4.69) is 4.99 Å². The number of hydrogen-bond acceptors (Lipinski definition) is 3. The molecule has 1 aromatic rings. The van der Waals surface area contributed by atoms with E-state index in [9.17, 15) is 4.79 Å². The summed E-state index contributed by atoms with van der Waals surface area (Å²) in [5.74, 6) is 0.807. The van der Waals surface area contributed by atoms with Crippen LogP contribution in [-0.2, 0) is 4.79 Å². The smallest absolute Gasteiger partial charge is 0.235 e. The molecule has 0 aromatic heterocycles. The van der Waals surface area contributed by atoms with Crippen molar-refractivity contribution in [3.05, 3.63) is 29.8 Å². The molecule has 3 heteroatoms. The van der Waals surface area contributed by atoms with Crippen molar-refractivity contribution in [2.24, 2.45) is 4.99 Å². The van der Waals surface area contributed by atoms with E-state index in [0.717, 1.165) is 11.3 Å². The number of isocyanates is 1. The molecule has 0 aliphatic rings. The minimum absolute atomic E-state index is 0.359. The van der Waals surface area contributed by atoms with Crippen molar-refractivity contribution in [3.63, 3.8) is 0 Å². The van der Waals surface area contributed by atoms with Gasteiger partial charge in [0.15, 0.2) is 0 Å². The number of aryl methyl sites for hydroxylation is 1. The van der Waals surface area contributed by atoms with Crippen LogP contribution >= 0.6 is 0 Å². The van der Waals surface area contributed by atoms with Gasteiger partial charge in [-0.25, -0.2) is 9.79 Å². The highest BCUT2D eigenvalue weighted by Gasteiger charge is 1.91. The highest BCUT2D eigenvalue weighted by molar-refractivity contribution is 5.32. The van der Waals surface area contributed by atoms with Crippen molar-refractivity contribution >= 4 is 6.08 Å². The summed E-state index contributed by atoms with van der Waals surface area (Å²) in [6, 6.07) is 7.73. The first-order valence-electron chi connectivity index (χ1n) is 4.06. The number of rotatable bonds is 4. The lowest BCUT2D eigenvalue weighted by Crippen LogP contribution is -2.00. The highest BCUT2D eigenvalue weighted by atomic mass is 16.5. The molecule has 3 nitrogen and oxygen atoms in total. The number of carbonyl (C=O) groups excluding carboxylic acids is 1. The third-order valence-corrected chi connectivity index (χ3v) is 1.53. The zero-order valence-electron chi connectivity index (χ0n) is 7.49. The van der Waals surface area contributed by atoms with E-state index in [1.54, 1.807) is 0 Å². The first-order valence-corrected chi connectivity index (χ1v) is 4.06. The molecule has 0 atom stereocenters. The average molecular weight is 177 g/mol. The minimum atomic E-state index is 0.359. The van der Waals surface area contributed by atoms with Crippen molar-refractivity contribution in [3.8, 4) is 5.75 Å². The van der Waals surface area contributed by atoms with E-state index >= 15 is 0 Å². The summed E-state index contributed by atoms with van der Waals surface area (Å²) >= 11 is 0. The molecule has 0 aliphatic heterocycles. The van der Waals surface area contributed by atoms with E-state index in [4.69, 9.17) is 4.74 Å². The Balaban J connectivity index is 2.40. The van der Waals surface area contributed by atoms with Crippen LogP contribution < -0.4 is 4.74 Å². The van der Waals surface area contributed by atoms with Crippen LogP contribution in [0.25, 0.3) is 0 Å². The summed E-state index contributed by atoms with van der Waals surface area (Å²) in [5, 5.41) is 0. The van der Waals surface area contributed by atoms with Gasteiger partial charge in [0.1, 0.15) is 12.4 Å². The molecule has 0 saturated heterocycles. The molecule has 0 heterocycles. The predicted octanol–water partition coefficient (Wildman–Crippen LogP) is 1.71. The number of aliphatic imine (C=N–C) groups is 1. The van der Waals surface area contributed by atoms with E-state index in [1.165, 1.54) is 6.08 Å². The monoisotopic (exact) mass is 177 g/mol. The summed E-state index contributed by atoms with van der Waals surface area (Å²) in [6.45, 7) is 2.77. The van der Waals surface area contributed by atoms with Crippen LogP contribution in [0, 0.1) is 6.92 Å². The Hall–Kier alpha value is -1.60. The lowest BCUT2D eigenvalue weighted by atomic mass is 10.2. The molecule has 0 unspecified atom stereocenters. The summed E-state index contributed by atoms with van der Waals surface area (Å²) < 4.78 is 5.32. The molecule has 0 aliphatic carbocycles. The molecule has 68 valence electrons. The molecule has 0 amide bonds. The van der Waals surface area contributed by atoms with Gasteiger partial charge in [-0.1, -0.05) is 12.1 Å². The third-order valence-electron chi connectivity index (χ3n) is 1.53. The summed E-state index contributed by atoms with van der Waals surface area (Å²) in [6.07, 6.45) is 1.46. The zero-order valence-corrected chi connectivity index (χ0v) is 7.49. The van der Waals surface area contributed by atoms with Crippen molar-refractivity contribution < 1.29 is 9.53 Å². The van der Waals surface area contributed by atoms with Crippen molar-refractivity contribution in [2.75, 3.05) is 13.2 Å². The molecule has 0 bridgehead atoms. The number of nitrogens with zero attached hydrogens (tertiary/aromatic N) is 1. The first kappa shape index (κ1) is 9.49. The van der Waals surface area contributed by atoms with E-state index < -0.39 is 0 Å². The van der Waals surface area contributed by atoms with Crippen molar-refractivity contribution in [2.45, 2.75) is 6.92 Å². The van der Waals surface area contributed by atoms with E-state index in [-0.39, 0.29) is 0 Å². The minimum Gasteiger partial charge on any atom is -0.492 e. The maximum atomic E-state index is 9.72. The van der Waals surface area contributed by atoms with Crippen LogP contribution in [0.4, 0.5) is 0 Å². The van der Waals surface area contributed by atoms with E-state index in [0.29, 0.717) is 13.2 Å². The standard InChI is InChI=1S/C10H11NO2/c1-9-3-2-4-10(7-9)13-6-5-11-8-12/h2-4,7H,5-6H2,1H3. The average Bonchev–Trinajstić information content (AvgIpc) is 2.13. The number of hydrogen-bond donors (Lipinski definition) is 0. The molecule has 1 rings (SSSR count). The van der Waals surface area contributed by atoms with E-state index in [1.807, 2.05) is 31.2 Å². The second-order valence-electron chi connectivity index (χ2n) is 2.64. The number of ether oxygens (including phenoxy) is 1. The quantitative estimate of drug-likeness (QED) is 0.399. The van der Waals surface area contributed by atoms with Crippen LogP contribution in [0.1, 0.15) is 5.56 Å². The topological polar surface area (TPSA) is 38.7 Å². The zero-order chi connectivity index (χ0) is 9.52. The van der Waals surface area contributed by atoms with Gasteiger partial charge in [-0.3, -0.25) is 0 Å². The van der Waals surface area contributed by atoms with Crippen LogP contribution in [0.15, 0.2) is 29.3 Å². The Bertz CT molecular complexity index is 316. The van der Waals surface area contributed by atoms with Gasteiger partial charge in [0.05, 0.1) is 6.54 Å². The summed E-state index contributed by atoms with van der Waals surface area (Å²) in [7, 11) is 0. The Morgan fingerprint density at radius 1 is 1.54 bits per heavy atom. The second-order valence-corrected chi connectivity index (χ2v) is 2.64. The van der Waals surface area contributed by atoms with Crippen LogP contribution in [0.3, 0.4) is 0 Å². The first-order chi connectivity index (χ1) is 6.33. The van der Waals surface area contributed by atoms with Gasteiger partial charge in [-0.15, -0.1) is 0 Å². The molecule has 0 spiro atoms. The summed E-state index contributed by atoms with van der Waals surface area (Å²) in [5.41, 5.74) is 1.15. The molecule has 13 heavy (non-hydrogen) atoms. The molecular weight excluding hydrogens is 166 g/mol.